The molecule has 1 atom stereocenters. The summed E-state index contributed by atoms with van der Waals surface area (Å²) in [6, 6.07) is 12.5. The van der Waals surface area contributed by atoms with Gasteiger partial charge in [0.15, 0.2) is 6.10 Å². The minimum Gasteiger partial charge on any atom is -0.449 e. The maximum Gasteiger partial charge on any atom is 0.341 e. The quantitative estimate of drug-likeness (QED) is 0.696. The van der Waals surface area contributed by atoms with Crippen molar-refractivity contribution in [1.82, 2.24) is 4.98 Å². The van der Waals surface area contributed by atoms with Crippen molar-refractivity contribution in [3.63, 3.8) is 0 Å². The summed E-state index contributed by atoms with van der Waals surface area (Å²) in [6.45, 7) is 1.40. The highest BCUT2D eigenvalue weighted by molar-refractivity contribution is 6.30. The Morgan fingerprint density at radius 3 is 2.73 bits per heavy atom. The van der Waals surface area contributed by atoms with Crippen LogP contribution in [-0.2, 0) is 9.53 Å². The van der Waals surface area contributed by atoms with Crippen LogP contribution in [0.1, 0.15) is 17.3 Å². The van der Waals surface area contributed by atoms with E-state index in [1.807, 2.05) is 12.1 Å². The molecule has 132 valence electrons. The van der Waals surface area contributed by atoms with Crippen molar-refractivity contribution in [2.24, 2.45) is 0 Å². The summed E-state index contributed by atoms with van der Waals surface area (Å²) in [5.41, 5.74) is 0.686. The molecular weight excluding hydrogens is 359 g/mol. The molecule has 0 saturated heterocycles. The molecule has 7 heteroatoms. The zero-order valence-corrected chi connectivity index (χ0v) is 14.5. The smallest absolute Gasteiger partial charge is 0.341 e. The van der Waals surface area contributed by atoms with Gasteiger partial charge in [-0.05, 0) is 37.3 Å². The van der Waals surface area contributed by atoms with E-state index in [0.29, 0.717) is 5.52 Å². The second kappa shape index (κ2) is 7.49. The Morgan fingerprint density at radius 1 is 1.19 bits per heavy atom. The van der Waals surface area contributed by atoms with E-state index in [4.69, 9.17) is 16.3 Å². The monoisotopic (exact) mass is 372 g/mol. The number of hydrogen-bond donors (Lipinski definition) is 1. The molecule has 0 aliphatic carbocycles. The van der Waals surface area contributed by atoms with Crippen LogP contribution in [0.4, 0.5) is 10.1 Å². The van der Waals surface area contributed by atoms with E-state index in [9.17, 15) is 14.0 Å². The first kappa shape index (κ1) is 17.8. The van der Waals surface area contributed by atoms with Crippen LogP contribution in [0, 0.1) is 5.82 Å². The summed E-state index contributed by atoms with van der Waals surface area (Å²) < 4.78 is 19.0. The number of benzene rings is 2. The van der Waals surface area contributed by atoms with Gasteiger partial charge in [0.2, 0.25) is 0 Å². The lowest BCUT2D eigenvalue weighted by molar-refractivity contribution is -0.123. The fourth-order valence-electron chi connectivity index (χ4n) is 2.37. The molecule has 1 N–H and O–H groups in total. The number of halogens is 2. The Balaban J connectivity index is 1.73. The van der Waals surface area contributed by atoms with Crippen LogP contribution in [0.5, 0.6) is 0 Å². The molecule has 2 aromatic carbocycles. The number of anilines is 1. The number of para-hydroxylation sites is 1. The summed E-state index contributed by atoms with van der Waals surface area (Å²) in [5, 5.41) is 3.36. The van der Waals surface area contributed by atoms with Gasteiger partial charge < -0.3 is 10.1 Å². The maximum atomic E-state index is 13.8. The molecule has 1 amide bonds. The maximum absolute atomic E-state index is 13.8. The summed E-state index contributed by atoms with van der Waals surface area (Å²) >= 11 is 5.67. The van der Waals surface area contributed by atoms with E-state index < -0.39 is 23.8 Å². The molecule has 1 heterocycles. The number of pyridine rings is 1. The highest BCUT2D eigenvalue weighted by Crippen LogP contribution is 2.20. The van der Waals surface area contributed by atoms with Gasteiger partial charge in [-0.1, -0.05) is 29.8 Å². The predicted octanol–water partition coefficient (Wildman–Crippen LogP) is 4.21. The van der Waals surface area contributed by atoms with Crippen LogP contribution in [-0.4, -0.2) is 23.0 Å². The van der Waals surface area contributed by atoms with Gasteiger partial charge in [0.25, 0.3) is 5.91 Å². The average Bonchev–Trinajstić information content (AvgIpc) is 2.63. The van der Waals surface area contributed by atoms with Crippen molar-refractivity contribution in [2.45, 2.75) is 13.0 Å². The Labute approximate surface area is 153 Å². The van der Waals surface area contributed by atoms with Crippen LogP contribution in [0.2, 0.25) is 5.02 Å². The number of hydrogen-bond acceptors (Lipinski definition) is 4. The van der Waals surface area contributed by atoms with Crippen molar-refractivity contribution in [2.75, 3.05) is 5.32 Å². The molecule has 3 aromatic rings. The van der Waals surface area contributed by atoms with Crippen LogP contribution < -0.4 is 5.32 Å². The zero-order chi connectivity index (χ0) is 18.7. The zero-order valence-electron chi connectivity index (χ0n) is 13.7. The van der Waals surface area contributed by atoms with E-state index in [1.54, 1.807) is 24.4 Å². The molecule has 0 radical (unpaired) electrons. The van der Waals surface area contributed by atoms with Gasteiger partial charge in [0.1, 0.15) is 5.82 Å². The van der Waals surface area contributed by atoms with Crippen LogP contribution >= 0.6 is 11.6 Å². The fraction of sp³-hybridized carbons (Fsp3) is 0.105. The number of carbonyl (C=O) groups is 2. The van der Waals surface area contributed by atoms with Gasteiger partial charge in [-0.3, -0.25) is 9.78 Å². The predicted molar refractivity (Wildman–Crippen MR) is 96.7 cm³/mol. The SMILES string of the molecule is C[C@@H](OC(=O)c1cccc2cccnc12)C(=O)Nc1ccc(Cl)cc1F. The summed E-state index contributed by atoms with van der Waals surface area (Å²) in [6.07, 6.45) is 0.440. The third kappa shape index (κ3) is 3.81. The Hall–Kier alpha value is -2.99. The van der Waals surface area contributed by atoms with Crippen molar-refractivity contribution < 1.29 is 18.7 Å². The topological polar surface area (TPSA) is 68.3 Å². The Morgan fingerprint density at radius 2 is 1.96 bits per heavy atom. The molecule has 0 bridgehead atoms. The molecular formula is C19H14ClFN2O3. The van der Waals surface area contributed by atoms with Crippen LogP contribution in [0.15, 0.2) is 54.7 Å². The Bertz CT molecular complexity index is 988. The van der Waals surface area contributed by atoms with Gasteiger partial charge in [0, 0.05) is 16.6 Å². The van der Waals surface area contributed by atoms with Gasteiger partial charge in [-0.15, -0.1) is 0 Å². The molecule has 0 aliphatic rings. The summed E-state index contributed by atoms with van der Waals surface area (Å²) in [7, 11) is 0. The van der Waals surface area contributed by atoms with E-state index in [0.717, 1.165) is 11.5 Å². The minimum atomic E-state index is -1.13. The van der Waals surface area contributed by atoms with Crippen LogP contribution in [0.3, 0.4) is 0 Å². The second-order valence-electron chi connectivity index (χ2n) is 5.54. The average molecular weight is 373 g/mol. The number of fused-ring (bicyclic) bond motifs is 1. The highest BCUT2D eigenvalue weighted by atomic mass is 35.5. The van der Waals surface area contributed by atoms with E-state index >= 15 is 0 Å². The van der Waals surface area contributed by atoms with Gasteiger partial charge >= 0.3 is 5.97 Å². The van der Waals surface area contributed by atoms with E-state index in [1.165, 1.54) is 19.1 Å². The number of esters is 1. The lowest BCUT2D eigenvalue weighted by Gasteiger charge is -2.14. The van der Waals surface area contributed by atoms with Crippen molar-refractivity contribution in [1.29, 1.82) is 0 Å². The molecule has 0 aliphatic heterocycles. The first-order valence-corrected chi connectivity index (χ1v) is 8.14. The number of rotatable bonds is 4. The molecule has 0 fully saturated rings. The number of nitrogens with one attached hydrogen (secondary N) is 1. The van der Waals surface area contributed by atoms with Crippen molar-refractivity contribution in [3.8, 4) is 0 Å². The van der Waals surface area contributed by atoms with E-state index in [-0.39, 0.29) is 16.3 Å². The van der Waals surface area contributed by atoms with Gasteiger partial charge in [0.05, 0.1) is 16.8 Å². The van der Waals surface area contributed by atoms with E-state index in [2.05, 4.69) is 10.3 Å². The number of ether oxygens (including phenoxy) is 1. The summed E-state index contributed by atoms with van der Waals surface area (Å²) in [4.78, 5) is 28.8. The van der Waals surface area contributed by atoms with Gasteiger partial charge in [-0.2, -0.15) is 0 Å². The minimum absolute atomic E-state index is 0.0471. The third-order valence-corrected chi connectivity index (χ3v) is 3.93. The fourth-order valence-corrected chi connectivity index (χ4v) is 2.53. The van der Waals surface area contributed by atoms with Crippen molar-refractivity contribution >= 4 is 40.1 Å². The number of aromatic nitrogens is 1. The largest absolute Gasteiger partial charge is 0.449 e. The second-order valence-corrected chi connectivity index (χ2v) is 5.98. The first-order chi connectivity index (χ1) is 12.5. The molecule has 5 nitrogen and oxygen atoms in total. The number of nitrogens with zero attached hydrogens (tertiary/aromatic N) is 1. The normalized spacial score (nSPS) is 11.8. The third-order valence-electron chi connectivity index (χ3n) is 3.69. The number of carbonyl (C=O) groups excluding carboxylic acids is 2. The number of amides is 1. The standard InChI is InChI=1S/C19H14ClFN2O3/c1-11(18(24)23-16-8-7-13(20)10-15(16)21)26-19(25)14-6-2-4-12-5-3-9-22-17(12)14/h2-11H,1H3,(H,23,24)/t11-/m1/s1. The molecule has 0 spiro atoms. The van der Waals surface area contributed by atoms with Crippen molar-refractivity contribution in [3.05, 3.63) is 71.1 Å². The molecule has 26 heavy (non-hydrogen) atoms. The highest BCUT2D eigenvalue weighted by Gasteiger charge is 2.21. The Kier molecular flexibility index (Phi) is 5.14. The summed E-state index contributed by atoms with van der Waals surface area (Å²) in [5.74, 6) is -2.02. The first-order valence-electron chi connectivity index (χ1n) is 7.76. The van der Waals surface area contributed by atoms with Crippen LogP contribution in [0.25, 0.3) is 10.9 Å². The molecule has 0 unspecified atom stereocenters. The molecule has 0 saturated carbocycles. The van der Waals surface area contributed by atoms with Gasteiger partial charge in [-0.25, -0.2) is 9.18 Å². The lowest BCUT2D eigenvalue weighted by Crippen LogP contribution is -2.30. The lowest BCUT2D eigenvalue weighted by atomic mass is 10.1. The molecule has 1 aromatic heterocycles. The molecule has 3 rings (SSSR count).